The number of allylic oxidation sites excluding steroid dienone is 1. The average molecular weight is 276 g/mol. The van der Waals surface area contributed by atoms with E-state index in [9.17, 15) is 13.2 Å². The van der Waals surface area contributed by atoms with Gasteiger partial charge in [0.15, 0.2) is 9.90 Å². The van der Waals surface area contributed by atoms with Crippen molar-refractivity contribution in [2.75, 3.05) is 6.54 Å². The van der Waals surface area contributed by atoms with Crippen molar-refractivity contribution in [1.29, 1.82) is 0 Å². The van der Waals surface area contributed by atoms with Gasteiger partial charge >= 0.3 is 5.97 Å². The van der Waals surface area contributed by atoms with Crippen LogP contribution in [0, 0.1) is 0 Å². The highest BCUT2D eigenvalue weighted by molar-refractivity contribution is 7.91. The van der Waals surface area contributed by atoms with E-state index in [0.29, 0.717) is 0 Å². The van der Waals surface area contributed by atoms with Crippen molar-refractivity contribution in [2.45, 2.75) is 18.1 Å². The Morgan fingerprint density at radius 1 is 1.59 bits per heavy atom. The first-order valence-corrected chi connectivity index (χ1v) is 7.00. The lowest BCUT2D eigenvalue weighted by atomic mass is 10.3. The zero-order chi connectivity index (χ0) is 13.1. The van der Waals surface area contributed by atoms with Crippen molar-refractivity contribution in [2.24, 2.45) is 0 Å². The Balaban J connectivity index is 2.94. The van der Waals surface area contributed by atoms with Crippen LogP contribution in [0.4, 0.5) is 0 Å². The summed E-state index contributed by atoms with van der Waals surface area (Å²) in [5.74, 6) is -1.35. The highest BCUT2D eigenvalue weighted by atomic mass is 32.2. The lowest BCUT2D eigenvalue weighted by Gasteiger charge is -2.02. The maximum absolute atomic E-state index is 11.8. The number of sulfonamides is 1. The third-order valence-corrected chi connectivity index (χ3v) is 4.56. The Morgan fingerprint density at radius 3 is 2.76 bits per heavy atom. The van der Waals surface area contributed by atoms with E-state index in [0.717, 1.165) is 16.9 Å². The fourth-order valence-corrected chi connectivity index (χ4v) is 3.14. The van der Waals surface area contributed by atoms with Crippen LogP contribution in [-0.2, 0) is 10.0 Å². The zero-order valence-corrected chi connectivity index (χ0v) is 10.9. The van der Waals surface area contributed by atoms with Crippen molar-refractivity contribution in [3.63, 3.8) is 0 Å². The van der Waals surface area contributed by atoms with Crippen LogP contribution in [0.15, 0.2) is 21.4 Å². The molecule has 0 fully saturated rings. The Kier molecular flexibility index (Phi) is 4.38. The summed E-state index contributed by atoms with van der Waals surface area (Å²) in [6.45, 7) is 3.80. The molecule has 0 saturated carbocycles. The van der Waals surface area contributed by atoms with Crippen LogP contribution in [0.25, 0.3) is 0 Å². The summed E-state index contributed by atoms with van der Waals surface area (Å²) in [6.07, 6.45) is 1.69. The van der Waals surface area contributed by atoms with E-state index in [-0.39, 0.29) is 10.8 Å². The molecule has 0 aliphatic carbocycles. The Hall–Kier alpha value is -1.25. The lowest BCUT2D eigenvalue weighted by molar-refractivity contribution is 0.0687. The molecule has 1 rings (SSSR count). The number of rotatable bonds is 5. The SMILES string of the molecule is CC(C)=CCNS(=O)(=O)c1scnc1C(=O)O. The van der Waals surface area contributed by atoms with Crippen molar-refractivity contribution < 1.29 is 18.3 Å². The van der Waals surface area contributed by atoms with Gasteiger partial charge in [-0.25, -0.2) is 22.9 Å². The van der Waals surface area contributed by atoms with E-state index < -0.39 is 21.7 Å². The number of aromatic carboxylic acids is 1. The van der Waals surface area contributed by atoms with Crippen molar-refractivity contribution in [3.8, 4) is 0 Å². The Bertz CT molecular complexity index is 541. The molecule has 94 valence electrons. The minimum absolute atomic E-state index is 0.127. The minimum atomic E-state index is -3.81. The first-order valence-electron chi connectivity index (χ1n) is 4.64. The molecule has 0 aliphatic rings. The van der Waals surface area contributed by atoms with Gasteiger partial charge in [-0.3, -0.25) is 0 Å². The molecule has 1 aromatic rings. The molecule has 0 aromatic carbocycles. The molecule has 6 nitrogen and oxygen atoms in total. The van der Waals surface area contributed by atoms with Crippen LogP contribution >= 0.6 is 11.3 Å². The second-order valence-corrected chi connectivity index (χ2v) is 6.24. The van der Waals surface area contributed by atoms with Gasteiger partial charge in [0.05, 0.1) is 5.51 Å². The first-order chi connectivity index (χ1) is 7.84. The largest absolute Gasteiger partial charge is 0.476 e. The number of carbonyl (C=O) groups is 1. The summed E-state index contributed by atoms with van der Waals surface area (Å²) < 4.78 is 25.6. The Labute approximate surface area is 103 Å². The second-order valence-electron chi connectivity index (χ2n) is 3.43. The van der Waals surface area contributed by atoms with Gasteiger partial charge < -0.3 is 5.11 Å². The highest BCUT2D eigenvalue weighted by Crippen LogP contribution is 2.19. The van der Waals surface area contributed by atoms with Crippen molar-refractivity contribution in [1.82, 2.24) is 9.71 Å². The molecule has 0 atom stereocenters. The topological polar surface area (TPSA) is 96.4 Å². The highest BCUT2D eigenvalue weighted by Gasteiger charge is 2.24. The van der Waals surface area contributed by atoms with Gasteiger partial charge in [0.1, 0.15) is 0 Å². The summed E-state index contributed by atoms with van der Waals surface area (Å²) in [6, 6.07) is 0. The van der Waals surface area contributed by atoms with E-state index in [2.05, 4.69) is 9.71 Å². The number of thiazole rings is 1. The first kappa shape index (κ1) is 13.8. The third-order valence-electron chi connectivity index (χ3n) is 1.77. The third kappa shape index (κ3) is 3.62. The second kappa shape index (κ2) is 5.39. The molecule has 0 unspecified atom stereocenters. The van der Waals surface area contributed by atoms with E-state index in [1.54, 1.807) is 6.08 Å². The molecule has 0 bridgehead atoms. The lowest BCUT2D eigenvalue weighted by Crippen LogP contribution is -2.24. The van der Waals surface area contributed by atoms with E-state index in [1.807, 2.05) is 13.8 Å². The van der Waals surface area contributed by atoms with Crippen molar-refractivity contribution >= 4 is 27.3 Å². The number of hydrogen-bond acceptors (Lipinski definition) is 5. The summed E-state index contributed by atoms with van der Waals surface area (Å²) in [7, 11) is -3.81. The van der Waals surface area contributed by atoms with E-state index >= 15 is 0 Å². The predicted octanol–water partition coefficient (Wildman–Crippen LogP) is 1.09. The van der Waals surface area contributed by atoms with Crippen LogP contribution < -0.4 is 4.72 Å². The van der Waals surface area contributed by atoms with Crippen LogP contribution in [-0.4, -0.2) is 31.0 Å². The molecule has 0 spiro atoms. The summed E-state index contributed by atoms with van der Waals surface area (Å²) in [5.41, 5.74) is 1.72. The number of aromatic nitrogens is 1. The van der Waals surface area contributed by atoms with Gasteiger partial charge in [0.25, 0.3) is 10.0 Å². The van der Waals surface area contributed by atoms with E-state index in [1.165, 1.54) is 5.51 Å². The molecular weight excluding hydrogens is 264 g/mol. The molecule has 1 heterocycles. The molecule has 8 heteroatoms. The number of carboxylic acid groups (broad SMARTS) is 1. The summed E-state index contributed by atoms with van der Waals surface area (Å²) in [5, 5.41) is 8.77. The monoisotopic (exact) mass is 276 g/mol. The summed E-state index contributed by atoms with van der Waals surface area (Å²) >= 11 is 0.781. The molecule has 0 aliphatic heterocycles. The van der Waals surface area contributed by atoms with E-state index in [4.69, 9.17) is 5.11 Å². The fourth-order valence-electron chi connectivity index (χ4n) is 0.990. The quantitative estimate of drug-likeness (QED) is 0.785. The number of nitrogens with zero attached hydrogens (tertiary/aromatic N) is 1. The fraction of sp³-hybridized carbons (Fsp3) is 0.333. The molecule has 0 amide bonds. The Morgan fingerprint density at radius 2 is 2.24 bits per heavy atom. The molecule has 17 heavy (non-hydrogen) atoms. The van der Waals surface area contributed by atoms with Gasteiger partial charge in [-0.05, 0) is 13.8 Å². The molecular formula is C9H12N2O4S2. The number of hydrogen-bond donors (Lipinski definition) is 2. The van der Waals surface area contributed by atoms with Gasteiger partial charge in [0.2, 0.25) is 0 Å². The standard InChI is InChI=1S/C9H12N2O4S2/c1-6(2)3-4-11-17(14,15)9-7(8(12)13)10-5-16-9/h3,5,11H,4H2,1-2H3,(H,12,13). The van der Waals surface area contributed by atoms with Gasteiger partial charge in [-0.2, -0.15) is 0 Å². The minimum Gasteiger partial charge on any atom is -0.476 e. The van der Waals surface area contributed by atoms with Gasteiger partial charge in [-0.15, -0.1) is 11.3 Å². The summed E-state index contributed by atoms with van der Waals surface area (Å²) in [4.78, 5) is 14.3. The van der Waals surface area contributed by atoms with Gasteiger partial charge in [-0.1, -0.05) is 11.6 Å². The average Bonchev–Trinajstić information content (AvgIpc) is 2.65. The maximum Gasteiger partial charge on any atom is 0.356 e. The molecule has 2 N–H and O–H groups in total. The van der Waals surface area contributed by atoms with Crippen LogP contribution in [0.5, 0.6) is 0 Å². The number of nitrogens with one attached hydrogen (secondary N) is 1. The molecule has 0 saturated heterocycles. The molecule has 1 aromatic heterocycles. The maximum atomic E-state index is 11.8. The zero-order valence-electron chi connectivity index (χ0n) is 9.30. The van der Waals surface area contributed by atoms with Gasteiger partial charge in [0, 0.05) is 6.54 Å². The van der Waals surface area contributed by atoms with Crippen LogP contribution in [0.2, 0.25) is 0 Å². The smallest absolute Gasteiger partial charge is 0.356 e. The molecule has 0 radical (unpaired) electrons. The number of carboxylic acids is 1. The van der Waals surface area contributed by atoms with Crippen LogP contribution in [0.3, 0.4) is 0 Å². The van der Waals surface area contributed by atoms with Crippen LogP contribution in [0.1, 0.15) is 24.3 Å². The predicted molar refractivity (Wildman–Crippen MR) is 63.7 cm³/mol. The normalized spacial score (nSPS) is 11.2. The van der Waals surface area contributed by atoms with Crippen molar-refractivity contribution in [3.05, 3.63) is 22.9 Å².